The van der Waals surface area contributed by atoms with E-state index >= 15 is 0 Å². The van der Waals surface area contributed by atoms with Gasteiger partial charge in [-0.25, -0.2) is 0 Å². The maximum Gasteiger partial charge on any atom is 0.222 e. The third-order valence-corrected chi connectivity index (χ3v) is 2.49. The van der Waals surface area contributed by atoms with Crippen LogP contribution in [-0.4, -0.2) is 29.4 Å². The number of aryl methyl sites for hydroxylation is 1. The third kappa shape index (κ3) is 4.44. The molecule has 0 fully saturated rings. The first-order chi connectivity index (χ1) is 7.59. The zero-order valence-corrected chi connectivity index (χ0v) is 10.1. The average molecular weight is 240 g/mol. The van der Waals surface area contributed by atoms with Crippen LogP contribution in [0.4, 0.5) is 0 Å². The molecule has 0 unspecified atom stereocenters. The molecule has 1 aromatic rings. The summed E-state index contributed by atoms with van der Waals surface area (Å²) in [4.78, 5) is 13.7. The van der Waals surface area contributed by atoms with Crippen LogP contribution in [0.25, 0.3) is 0 Å². The van der Waals surface area contributed by atoms with Gasteiger partial charge in [-0.05, 0) is 12.1 Å². The van der Waals surface area contributed by atoms with Crippen molar-refractivity contribution in [3.05, 3.63) is 24.2 Å². The number of nitrogens with zero attached hydrogens (tertiary/aromatic N) is 1. The maximum atomic E-state index is 11.7. The first-order valence-corrected chi connectivity index (χ1v) is 5.55. The number of amides is 1. The largest absolute Gasteiger partial charge is 0.469 e. The topological polar surface area (TPSA) is 59.5 Å². The molecule has 1 heterocycles. The molecule has 4 nitrogen and oxygen atoms in total. The molecular formula is C11H16N2O2S. The van der Waals surface area contributed by atoms with E-state index in [0.29, 0.717) is 30.8 Å². The minimum atomic E-state index is 0.0765. The van der Waals surface area contributed by atoms with Crippen molar-refractivity contribution in [2.45, 2.75) is 19.3 Å². The van der Waals surface area contributed by atoms with Crippen LogP contribution < -0.4 is 5.73 Å². The first kappa shape index (κ1) is 12.7. The molecule has 0 spiro atoms. The van der Waals surface area contributed by atoms with Crippen molar-refractivity contribution in [1.82, 2.24) is 4.90 Å². The van der Waals surface area contributed by atoms with E-state index < -0.39 is 0 Å². The third-order valence-electron chi connectivity index (χ3n) is 2.28. The van der Waals surface area contributed by atoms with Crippen molar-refractivity contribution < 1.29 is 9.21 Å². The summed E-state index contributed by atoms with van der Waals surface area (Å²) in [5.41, 5.74) is 5.37. The normalized spacial score (nSPS) is 10.1. The number of hydrogen-bond acceptors (Lipinski definition) is 3. The Balaban J connectivity index is 2.26. The summed E-state index contributed by atoms with van der Waals surface area (Å²) in [7, 11) is 1.75. The van der Waals surface area contributed by atoms with E-state index in [9.17, 15) is 4.79 Å². The molecule has 0 saturated heterocycles. The highest BCUT2D eigenvalue weighted by Gasteiger charge is 2.09. The molecule has 0 aliphatic rings. The van der Waals surface area contributed by atoms with Crippen LogP contribution in [0.3, 0.4) is 0 Å². The summed E-state index contributed by atoms with van der Waals surface area (Å²) in [5, 5.41) is 0. The second-order valence-corrected chi connectivity index (χ2v) is 4.14. The summed E-state index contributed by atoms with van der Waals surface area (Å²) in [6, 6.07) is 3.68. The van der Waals surface area contributed by atoms with E-state index in [2.05, 4.69) is 0 Å². The predicted octanol–water partition coefficient (Wildman–Crippen LogP) is 1.35. The molecule has 0 aromatic carbocycles. The summed E-state index contributed by atoms with van der Waals surface area (Å²) < 4.78 is 5.15. The van der Waals surface area contributed by atoms with Gasteiger partial charge in [0.05, 0.1) is 11.3 Å². The van der Waals surface area contributed by atoms with Gasteiger partial charge in [0.2, 0.25) is 5.91 Å². The highest BCUT2D eigenvalue weighted by molar-refractivity contribution is 7.80. The lowest BCUT2D eigenvalue weighted by Gasteiger charge is -2.16. The lowest BCUT2D eigenvalue weighted by Crippen LogP contribution is -2.30. The Labute approximate surface area is 100 Å². The van der Waals surface area contributed by atoms with Gasteiger partial charge >= 0.3 is 0 Å². The molecule has 0 aliphatic carbocycles. The summed E-state index contributed by atoms with van der Waals surface area (Å²) in [6.07, 6.45) is 3.25. The number of rotatable bonds is 6. The number of carbonyl (C=O) groups excluding carboxylic acids is 1. The Hall–Kier alpha value is -1.36. The Kier molecular flexibility index (Phi) is 4.98. The van der Waals surface area contributed by atoms with Crippen molar-refractivity contribution in [3.63, 3.8) is 0 Å². The molecule has 0 radical (unpaired) electrons. The molecule has 0 bridgehead atoms. The van der Waals surface area contributed by atoms with Gasteiger partial charge in [0.25, 0.3) is 0 Å². The summed E-state index contributed by atoms with van der Waals surface area (Å²) in [5.74, 6) is 0.906. The monoisotopic (exact) mass is 240 g/mol. The lowest BCUT2D eigenvalue weighted by molar-refractivity contribution is -0.129. The smallest absolute Gasteiger partial charge is 0.222 e. The summed E-state index contributed by atoms with van der Waals surface area (Å²) >= 11 is 4.75. The number of hydrogen-bond donors (Lipinski definition) is 1. The molecule has 1 amide bonds. The van der Waals surface area contributed by atoms with Crippen LogP contribution in [0.1, 0.15) is 18.6 Å². The number of furan rings is 1. The van der Waals surface area contributed by atoms with E-state index in [4.69, 9.17) is 22.4 Å². The van der Waals surface area contributed by atoms with E-state index in [-0.39, 0.29) is 5.91 Å². The number of nitrogens with two attached hydrogens (primary N) is 1. The van der Waals surface area contributed by atoms with Crippen molar-refractivity contribution >= 4 is 23.1 Å². The second-order valence-electron chi connectivity index (χ2n) is 3.61. The van der Waals surface area contributed by atoms with Gasteiger partial charge < -0.3 is 15.1 Å². The van der Waals surface area contributed by atoms with Crippen LogP contribution >= 0.6 is 12.2 Å². The maximum absolute atomic E-state index is 11.7. The van der Waals surface area contributed by atoms with Crippen LogP contribution in [0.2, 0.25) is 0 Å². The fourth-order valence-corrected chi connectivity index (χ4v) is 1.37. The highest BCUT2D eigenvalue weighted by Crippen LogP contribution is 2.05. The number of thiocarbonyl (C=S) groups is 1. The van der Waals surface area contributed by atoms with Gasteiger partial charge in [-0.1, -0.05) is 12.2 Å². The van der Waals surface area contributed by atoms with Crippen molar-refractivity contribution in [3.8, 4) is 0 Å². The average Bonchev–Trinajstić information content (AvgIpc) is 2.75. The SMILES string of the molecule is CN(CCC(N)=S)C(=O)CCc1ccco1. The number of carbonyl (C=O) groups is 1. The minimum Gasteiger partial charge on any atom is -0.469 e. The Morgan fingerprint density at radius 1 is 1.56 bits per heavy atom. The molecule has 1 rings (SSSR count). The predicted molar refractivity (Wildman–Crippen MR) is 66.1 cm³/mol. The Bertz CT molecular complexity index is 349. The van der Waals surface area contributed by atoms with Gasteiger partial charge in [-0.3, -0.25) is 4.79 Å². The molecule has 88 valence electrons. The molecule has 16 heavy (non-hydrogen) atoms. The first-order valence-electron chi connectivity index (χ1n) is 5.14. The lowest BCUT2D eigenvalue weighted by atomic mass is 10.2. The fourth-order valence-electron chi connectivity index (χ4n) is 1.28. The molecule has 2 N–H and O–H groups in total. The molecule has 0 aliphatic heterocycles. The fraction of sp³-hybridized carbons (Fsp3) is 0.455. The van der Waals surface area contributed by atoms with E-state index in [1.54, 1.807) is 18.2 Å². The molecule has 0 atom stereocenters. The zero-order chi connectivity index (χ0) is 12.0. The Morgan fingerprint density at radius 2 is 2.31 bits per heavy atom. The molecule has 1 aromatic heterocycles. The van der Waals surface area contributed by atoms with Crippen molar-refractivity contribution in [2.75, 3.05) is 13.6 Å². The molecule has 5 heteroatoms. The van der Waals surface area contributed by atoms with Crippen LogP contribution in [0, 0.1) is 0 Å². The van der Waals surface area contributed by atoms with Gasteiger partial charge in [0.15, 0.2) is 0 Å². The minimum absolute atomic E-state index is 0.0765. The van der Waals surface area contributed by atoms with Crippen molar-refractivity contribution in [1.29, 1.82) is 0 Å². The highest BCUT2D eigenvalue weighted by atomic mass is 32.1. The Morgan fingerprint density at radius 3 is 2.88 bits per heavy atom. The second kappa shape index (κ2) is 6.27. The van der Waals surface area contributed by atoms with Gasteiger partial charge in [-0.15, -0.1) is 0 Å². The van der Waals surface area contributed by atoms with E-state index in [1.807, 2.05) is 12.1 Å². The zero-order valence-electron chi connectivity index (χ0n) is 9.31. The van der Waals surface area contributed by atoms with Gasteiger partial charge in [0, 0.05) is 32.9 Å². The quantitative estimate of drug-likeness (QED) is 0.762. The molecule has 0 saturated carbocycles. The van der Waals surface area contributed by atoms with Crippen molar-refractivity contribution in [2.24, 2.45) is 5.73 Å². The van der Waals surface area contributed by atoms with Crippen LogP contribution in [0.15, 0.2) is 22.8 Å². The van der Waals surface area contributed by atoms with Crippen LogP contribution in [-0.2, 0) is 11.2 Å². The van der Waals surface area contributed by atoms with E-state index in [0.717, 1.165) is 5.76 Å². The molecular weight excluding hydrogens is 224 g/mol. The van der Waals surface area contributed by atoms with Gasteiger partial charge in [-0.2, -0.15) is 0 Å². The van der Waals surface area contributed by atoms with Crippen LogP contribution in [0.5, 0.6) is 0 Å². The van der Waals surface area contributed by atoms with Gasteiger partial charge in [0.1, 0.15) is 5.76 Å². The summed E-state index contributed by atoms with van der Waals surface area (Å²) in [6.45, 7) is 0.576. The van der Waals surface area contributed by atoms with E-state index in [1.165, 1.54) is 0 Å². The standard InChI is InChI=1S/C11H16N2O2S/c1-13(7-6-10(12)16)11(14)5-4-9-3-2-8-15-9/h2-3,8H,4-7H2,1H3,(H2,12,16).